The average Bonchev–Trinajstić information content (AvgIpc) is 3.19. The van der Waals surface area contributed by atoms with Gasteiger partial charge in [-0.2, -0.15) is 0 Å². The number of rotatable bonds is 5. The molecule has 1 aliphatic rings. The molecule has 1 saturated heterocycles. The molecule has 1 aromatic heterocycles. The van der Waals surface area contributed by atoms with Gasteiger partial charge in [0, 0.05) is 11.1 Å². The largest absolute Gasteiger partial charge is 0.396 e. The molecule has 0 aliphatic carbocycles. The van der Waals surface area contributed by atoms with Crippen LogP contribution in [0.15, 0.2) is 34.1 Å². The van der Waals surface area contributed by atoms with E-state index < -0.39 is 6.10 Å². The van der Waals surface area contributed by atoms with Crippen molar-refractivity contribution in [2.45, 2.75) is 18.8 Å². The normalized spacial score (nSPS) is 17.0. The van der Waals surface area contributed by atoms with E-state index in [2.05, 4.69) is 15.9 Å². The van der Waals surface area contributed by atoms with Gasteiger partial charge in [-0.1, -0.05) is 22.0 Å². The first-order valence-corrected chi connectivity index (χ1v) is 8.75. The standard InChI is InChI=1S/C16H17BrO4S/c17-12-2-1-10(3-4-18)13(8-12)15(19)11-7-14(22-9-11)16-20-5-6-21-16/h1-2,7-9,15-16,18-19H,3-6H2. The highest BCUT2D eigenvalue weighted by molar-refractivity contribution is 9.10. The van der Waals surface area contributed by atoms with Gasteiger partial charge in [0.15, 0.2) is 6.29 Å². The Morgan fingerprint density at radius 2 is 2.05 bits per heavy atom. The van der Waals surface area contributed by atoms with E-state index >= 15 is 0 Å². The number of thiophene rings is 1. The number of halogens is 1. The SMILES string of the molecule is OCCc1ccc(Br)cc1C(O)c1csc(C2OCCO2)c1. The molecule has 1 atom stereocenters. The van der Waals surface area contributed by atoms with Gasteiger partial charge in [-0.05, 0) is 46.7 Å². The molecule has 22 heavy (non-hydrogen) atoms. The van der Waals surface area contributed by atoms with E-state index in [9.17, 15) is 10.2 Å². The molecule has 3 rings (SSSR count). The molecule has 6 heteroatoms. The minimum Gasteiger partial charge on any atom is -0.396 e. The van der Waals surface area contributed by atoms with E-state index in [-0.39, 0.29) is 12.9 Å². The maximum Gasteiger partial charge on any atom is 0.193 e. The van der Waals surface area contributed by atoms with E-state index in [1.54, 1.807) is 0 Å². The molecule has 0 amide bonds. The van der Waals surface area contributed by atoms with Gasteiger partial charge < -0.3 is 19.7 Å². The highest BCUT2D eigenvalue weighted by Crippen LogP contribution is 2.34. The van der Waals surface area contributed by atoms with E-state index in [1.807, 2.05) is 29.6 Å². The molecule has 0 bridgehead atoms. The number of hydrogen-bond donors (Lipinski definition) is 2. The molecule has 0 spiro atoms. The fourth-order valence-corrected chi connectivity index (χ4v) is 3.81. The second kappa shape index (κ2) is 7.21. The predicted octanol–water partition coefficient (Wildman–Crippen LogP) is 3.17. The molecular formula is C16H17BrO4S. The molecule has 1 aliphatic heterocycles. The van der Waals surface area contributed by atoms with Crippen LogP contribution in [0.3, 0.4) is 0 Å². The summed E-state index contributed by atoms with van der Waals surface area (Å²) < 4.78 is 11.9. The summed E-state index contributed by atoms with van der Waals surface area (Å²) in [5, 5.41) is 21.8. The van der Waals surface area contributed by atoms with Crippen molar-refractivity contribution in [1.29, 1.82) is 0 Å². The van der Waals surface area contributed by atoms with Crippen molar-refractivity contribution in [2.24, 2.45) is 0 Å². The molecule has 2 heterocycles. The van der Waals surface area contributed by atoms with Crippen LogP contribution in [0.25, 0.3) is 0 Å². The van der Waals surface area contributed by atoms with Crippen molar-refractivity contribution in [3.63, 3.8) is 0 Å². The molecule has 2 aromatic rings. The second-order valence-corrected chi connectivity index (χ2v) is 6.93. The molecule has 1 aromatic carbocycles. The topological polar surface area (TPSA) is 58.9 Å². The van der Waals surface area contributed by atoms with Crippen molar-refractivity contribution >= 4 is 27.3 Å². The molecule has 4 nitrogen and oxygen atoms in total. The van der Waals surface area contributed by atoms with Gasteiger partial charge in [0.2, 0.25) is 0 Å². The summed E-state index contributed by atoms with van der Waals surface area (Å²) in [5.41, 5.74) is 2.57. The minimum absolute atomic E-state index is 0.0555. The van der Waals surface area contributed by atoms with Gasteiger partial charge in [-0.25, -0.2) is 0 Å². The van der Waals surface area contributed by atoms with Crippen molar-refractivity contribution in [3.05, 3.63) is 55.7 Å². The van der Waals surface area contributed by atoms with E-state index in [0.29, 0.717) is 19.6 Å². The molecule has 118 valence electrons. The fourth-order valence-electron chi connectivity index (χ4n) is 2.51. The van der Waals surface area contributed by atoms with Crippen LogP contribution >= 0.6 is 27.3 Å². The van der Waals surface area contributed by atoms with Crippen molar-refractivity contribution in [3.8, 4) is 0 Å². The van der Waals surface area contributed by atoms with Gasteiger partial charge in [0.05, 0.1) is 18.1 Å². The third-order valence-corrected chi connectivity index (χ3v) is 5.06. The molecule has 1 unspecified atom stereocenters. The van der Waals surface area contributed by atoms with Gasteiger partial charge in [0.1, 0.15) is 6.10 Å². The summed E-state index contributed by atoms with van der Waals surface area (Å²) >= 11 is 4.96. The number of aliphatic hydroxyl groups excluding tert-OH is 2. The van der Waals surface area contributed by atoms with Crippen LogP contribution < -0.4 is 0 Å². The third-order valence-electron chi connectivity index (χ3n) is 3.59. The Kier molecular flexibility index (Phi) is 5.28. The first kappa shape index (κ1) is 16.1. The third kappa shape index (κ3) is 3.42. The highest BCUT2D eigenvalue weighted by Gasteiger charge is 2.23. The maximum absolute atomic E-state index is 10.7. The summed E-state index contributed by atoms with van der Waals surface area (Å²) in [6.45, 7) is 1.26. The average molecular weight is 385 g/mol. The van der Waals surface area contributed by atoms with Crippen molar-refractivity contribution in [1.82, 2.24) is 0 Å². The Morgan fingerprint density at radius 3 is 2.77 bits per heavy atom. The van der Waals surface area contributed by atoms with Crippen LogP contribution in [-0.4, -0.2) is 30.0 Å². The first-order chi connectivity index (χ1) is 10.7. The Bertz CT molecular complexity index is 637. The quantitative estimate of drug-likeness (QED) is 0.830. The van der Waals surface area contributed by atoms with Gasteiger partial charge in [-0.3, -0.25) is 0 Å². The highest BCUT2D eigenvalue weighted by atomic mass is 79.9. The smallest absolute Gasteiger partial charge is 0.193 e. The fraction of sp³-hybridized carbons (Fsp3) is 0.375. The summed E-state index contributed by atoms with van der Waals surface area (Å²) in [6, 6.07) is 7.67. The zero-order valence-corrected chi connectivity index (χ0v) is 14.3. The number of ether oxygens (including phenoxy) is 2. The summed E-state index contributed by atoms with van der Waals surface area (Å²) in [6.07, 6.45) is -0.526. The number of hydrogen-bond acceptors (Lipinski definition) is 5. The summed E-state index contributed by atoms with van der Waals surface area (Å²) in [7, 11) is 0. The molecular weight excluding hydrogens is 368 g/mol. The lowest BCUT2D eigenvalue weighted by atomic mass is 9.96. The van der Waals surface area contributed by atoms with Crippen LogP contribution in [0.5, 0.6) is 0 Å². The Morgan fingerprint density at radius 1 is 1.27 bits per heavy atom. The zero-order chi connectivity index (χ0) is 15.5. The van der Waals surface area contributed by atoms with Crippen LogP contribution in [-0.2, 0) is 15.9 Å². The van der Waals surface area contributed by atoms with Gasteiger partial charge in [0.25, 0.3) is 0 Å². The van der Waals surface area contributed by atoms with Crippen LogP contribution in [0.1, 0.15) is 34.0 Å². The van der Waals surface area contributed by atoms with E-state index in [4.69, 9.17) is 9.47 Å². The molecule has 0 saturated carbocycles. The monoisotopic (exact) mass is 384 g/mol. The maximum atomic E-state index is 10.7. The Labute approximate surface area is 141 Å². The van der Waals surface area contributed by atoms with E-state index in [0.717, 1.165) is 26.0 Å². The summed E-state index contributed by atoms with van der Waals surface area (Å²) in [4.78, 5) is 0.963. The van der Waals surface area contributed by atoms with Crippen LogP contribution in [0.2, 0.25) is 0 Å². The lowest BCUT2D eigenvalue weighted by Crippen LogP contribution is -2.05. The minimum atomic E-state index is -0.731. The Balaban J connectivity index is 1.87. The van der Waals surface area contributed by atoms with Gasteiger partial charge >= 0.3 is 0 Å². The Hall–Kier alpha value is -0.760. The van der Waals surface area contributed by atoms with Gasteiger partial charge in [-0.15, -0.1) is 11.3 Å². The number of aliphatic hydroxyl groups is 2. The molecule has 2 N–H and O–H groups in total. The molecule has 1 fully saturated rings. The van der Waals surface area contributed by atoms with Crippen LogP contribution in [0, 0.1) is 0 Å². The van der Waals surface area contributed by atoms with E-state index in [1.165, 1.54) is 11.3 Å². The summed E-state index contributed by atoms with van der Waals surface area (Å²) in [5.74, 6) is 0. The lowest BCUT2D eigenvalue weighted by molar-refractivity contribution is -0.0413. The predicted molar refractivity (Wildman–Crippen MR) is 88.0 cm³/mol. The second-order valence-electron chi connectivity index (χ2n) is 5.08. The van der Waals surface area contributed by atoms with Crippen molar-refractivity contribution in [2.75, 3.05) is 19.8 Å². The zero-order valence-electron chi connectivity index (χ0n) is 11.9. The lowest BCUT2D eigenvalue weighted by Gasteiger charge is -2.15. The number of benzene rings is 1. The first-order valence-electron chi connectivity index (χ1n) is 7.08. The van der Waals surface area contributed by atoms with Crippen LogP contribution in [0.4, 0.5) is 0 Å². The van der Waals surface area contributed by atoms with Crippen molar-refractivity contribution < 1.29 is 19.7 Å². The molecule has 0 radical (unpaired) electrons.